The highest BCUT2D eigenvalue weighted by molar-refractivity contribution is 7.80. The molecular weight excluding hydrogens is 444 g/mol. The van der Waals surface area contributed by atoms with E-state index in [2.05, 4.69) is 16.2 Å². The number of carbonyl (C=O) groups excluding carboxylic acids is 2. The van der Waals surface area contributed by atoms with Crippen molar-refractivity contribution in [1.29, 1.82) is 0 Å². The lowest BCUT2D eigenvalue weighted by Gasteiger charge is -2.13. The maximum absolute atomic E-state index is 12.6. The van der Waals surface area contributed by atoms with Gasteiger partial charge in [0, 0.05) is 24.1 Å². The van der Waals surface area contributed by atoms with Crippen LogP contribution in [-0.4, -0.2) is 28.5 Å². The van der Waals surface area contributed by atoms with Gasteiger partial charge in [-0.25, -0.2) is 0 Å². The van der Waals surface area contributed by atoms with E-state index in [1.807, 2.05) is 30.3 Å². The minimum atomic E-state index is -0.578. The molecule has 0 bridgehead atoms. The molecule has 0 saturated carbocycles. The second-order valence-corrected chi connectivity index (χ2v) is 7.15. The van der Waals surface area contributed by atoms with Crippen LogP contribution < -0.4 is 20.9 Å². The fraction of sp³-hybridized carbons (Fsp3) is 0.0870. The zero-order valence-corrected chi connectivity index (χ0v) is 18.1. The van der Waals surface area contributed by atoms with E-state index in [1.54, 1.807) is 24.3 Å². The zero-order chi connectivity index (χ0) is 23.6. The van der Waals surface area contributed by atoms with Crippen molar-refractivity contribution in [3.8, 4) is 5.75 Å². The molecule has 0 aliphatic heterocycles. The third-order valence-electron chi connectivity index (χ3n) is 4.48. The Bertz CT molecular complexity index is 1150. The van der Waals surface area contributed by atoms with Gasteiger partial charge in [-0.2, -0.15) is 0 Å². The van der Waals surface area contributed by atoms with E-state index in [1.165, 1.54) is 24.3 Å². The highest BCUT2D eigenvalue weighted by Crippen LogP contribution is 2.18. The monoisotopic (exact) mass is 464 g/mol. The van der Waals surface area contributed by atoms with E-state index in [4.69, 9.17) is 17.0 Å². The average molecular weight is 465 g/mol. The van der Waals surface area contributed by atoms with Crippen LogP contribution in [0.15, 0.2) is 78.9 Å². The molecule has 3 aromatic rings. The number of nitro groups is 1. The lowest BCUT2D eigenvalue weighted by molar-refractivity contribution is -0.384. The number of benzene rings is 3. The molecule has 0 radical (unpaired) electrons. The summed E-state index contributed by atoms with van der Waals surface area (Å²) in [5, 5.41) is 13.0. The molecule has 0 aromatic heterocycles. The number of ether oxygens (including phenoxy) is 1. The van der Waals surface area contributed by atoms with Gasteiger partial charge >= 0.3 is 0 Å². The Kier molecular flexibility index (Phi) is 8.03. The molecule has 0 saturated heterocycles. The molecule has 168 valence electrons. The van der Waals surface area contributed by atoms with Gasteiger partial charge < -0.3 is 4.74 Å². The fourth-order valence-electron chi connectivity index (χ4n) is 2.83. The first-order valence-corrected chi connectivity index (χ1v) is 10.3. The maximum atomic E-state index is 12.6. The number of hydrazine groups is 1. The number of nitrogens with zero attached hydrogens (tertiary/aromatic N) is 1. The Balaban J connectivity index is 1.51. The number of amides is 2. The number of carbonyl (C=O) groups is 2. The molecule has 0 aliphatic carbocycles. The van der Waals surface area contributed by atoms with Gasteiger partial charge in [0.2, 0.25) is 0 Å². The third kappa shape index (κ3) is 6.84. The first-order chi connectivity index (χ1) is 15.9. The summed E-state index contributed by atoms with van der Waals surface area (Å²) in [6.07, 6.45) is 0.686. The van der Waals surface area contributed by atoms with Crippen molar-refractivity contribution >= 4 is 34.8 Å². The highest BCUT2D eigenvalue weighted by atomic mass is 32.1. The molecule has 3 rings (SSSR count). The van der Waals surface area contributed by atoms with Gasteiger partial charge in [0.15, 0.2) is 5.11 Å². The van der Waals surface area contributed by atoms with E-state index in [9.17, 15) is 19.7 Å². The number of thiocarbonyl (C=S) groups is 1. The SMILES string of the molecule is O=C(NNC(=S)NC(=O)c1ccccc1OCCc1ccccc1)c1ccc([N+](=O)[O-])cc1. The molecule has 33 heavy (non-hydrogen) atoms. The smallest absolute Gasteiger partial charge is 0.269 e. The van der Waals surface area contributed by atoms with Crippen molar-refractivity contribution in [1.82, 2.24) is 16.2 Å². The molecule has 2 amide bonds. The van der Waals surface area contributed by atoms with Crippen LogP contribution in [0.5, 0.6) is 5.75 Å². The van der Waals surface area contributed by atoms with E-state index >= 15 is 0 Å². The van der Waals surface area contributed by atoms with Crippen LogP contribution in [0.4, 0.5) is 5.69 Å². The summed E-state index contributed by atoms with van der Waals surface area (Å²) >= 11 is 5.06. The van der Waals surface area contributed by atoms with Crippen LogP contribution in [-0.2, 0) is 6.42 Å². The number of nitrogens with one attached hydrogen (secondary N) is 3. The third-order valence-corrected chi connectivity index (χ3v) is 4.68. The minimum absolute atomic E-state index is 0.130. The molecule has 3 aromatic carbocycles. The molecule has 0 unspecified atom stereocenters. The zero-order valence-electron chi connectivity index (χ0n) is 17.3. The van der Waals surface area contributed by atoms with Crippen molar-refractivity contribution in [2.45, 2.75) is 6.42 Å². The summed E-state index contributed by atoms with van der Waals surface area (Å²) in [7, 11) is 0. The average Bonchev–Trinajstić information content (AvgIpc) is 2.83. The summed E-state index contributed by atoms with van der Waals surface area (Å²) in [5.41, 5.74) is 6.21. The number of hydrogen-bond donors (Lipinski definition) is 3. The Labute approximate surface area is 194 Å². The summed E-state index contributed by atoms with van der Waals surface area (Å²) in [4.78, 5) is 34.9. The van der Waals surface area contributed by atoms with Gasteiger partial charge in [-0.3, -0.25) is 35.9 Å². The van der Waals surface area contributed by atoms with E-state index < -0.39 is 16.7 Å². The van der Waals surface area contributed by atoms with Crippen LogP contribution in [0.2, 0.25) is 0 Å². The Morgan fingerprint density at radius 1 is 0.879 bits per heavy atom. The number of non-ortho nitro benzene ring substituents is 1. The normalized spacial score (nSPS) is 10.1. The molecule has 9 nitrogen and oxygen atoms in total. The van der Waals surface area contributed by atoms with Crippen molar-refractivity contribution in [3.05, 3.63) is 106 Å². The molecule has 0 aliphatic rings. The second-order valence-electron chi connectivity index (χ2n) is 6.75. The molecule has 0 atom stereocenters. The molecule has 10 heteroatoms. The van der Waals surface area contributed by atoms with E-state index in [0.29, 0.717) is 18.8 Å². The van der Waals surface area contributed by atoms with Crippen molar-refractivity contribution in [2.75, 3.05) is 6.61 Å². The van der Waals surface area contributed by atoms with Crippen molar-refractivity contribution in [3.63, 3.8) is 0 Å². The summed E-state index contributed by atoms with van der Waals surface area (Å²) in [5.74, 6) is -0.679. The topological polar surface area (TPSA) is 123 Å². The predicted octanol–water partition coefficient (Wildman–Crippen LogP) is 3.17. The standard InChI is InChI=1S/C23H20N4O5S/c28-21(17-10-12-18(13-11-17)27(30)31)25-26-23(33)24-22(29)19-8-4-5-9-20(19)32-15-14-16-6-2-1-3-7-16/h1-13H,14-15H2,(H,25,28)(H2,24,26,29,33). The lowest BCUT2D eigenvalue weighted by atomic mass is 10.1. The number of nitro benzene ring substituents is 1. The fourth-order valence-corrected chi connectivity index (χ4v) is 2.97. The first kappa shape index (κ1) is 23.4. The number of para-hydroxylation sites is 1. The summed E-state index contributed by atoms with van der Waals surface area (Å²) < 4.78 is 5.78. The van der Waals surface area contributed by atoms with Crippen LogP contribution in [0.25, 0.3) is 0 Å². The van der Waals surface area contributed by atoms with Crippen LogP contribution in [0, 0.1) is 10.1 Å². The van der Waals surface area contributed by atoms with Gasteiger partial charge in [0.05, 0.1) is 17.1 Å². The van der Waals surface area contributed by atoms with E-state index in [0.717, 1.165) is 5.56 Å². The second kappa shape index (κ2) is 11.3. The molecule has 0 heterocycles. The Hall–Kier alpha value is -4.31. The van der Waals surface area contributed by atoms with Gasteiger partial charge in [-0.05, 0) is 42.0 Å². The van der Waals surface area contributed by atoms with Gasteiger partial charge in [-0.15, -0.1) is 0 Å². The molecular formula is C23H20N4O5S. The minimum Gasteiger partial charge on any atom is -0.492 e. The van der Waals surface area contributed by atoms with E-state index in [-0.39, 0.29) is 21.9 Å². The Morgan fingerprint density at radius 2 is 1.55 bits per heavy atom. The highest BCUT2D eigenvalue weighted by Gasteiger charge is 2.15. The number of rotatable bonds is 7. The summed E-state index contributed by atoms with van der Waals surface area (Å²) in [6, 6.07) is 21.6. The first-order valence-electron chi connectivity index (χ1n) is 9.86. The molecule has 3 N–H and O–H groups in total. The number of hydrogen-bond acceptors (Lipinski definition) is 6. The van der Waals surface area contributed by atoms with Crippen LogP contribution in [0.1, 0.15) is 26.3 Å². The lowest BCUT2D eigenvalue weighted by Crippen LogP contribution is -2.48. The molecule has 0 spiro atoms. The van der Waals surface area contributed by atoms with Gasteiger partial charge in [0.25, 0.3) is 17.5 Å². The predicted molar refractivity (Wildman–Crippen MR) is 126 cm³/mol. The largest absolute Gasteiger partial charge is 0.492 e. The molecule has 0 fully saturated rings. The maximum Gasteiger partial charge on any atom is 0.269 e. The van der Waals surface area contributed by atoms with Gasteiger partial charge in [-0.1, -0.05) is 42.5 Å². The van der Waals surface area contributed by atoms with Crippen molar-refractivity contribution in [2.24, 2.45) is 0 Å². The van der Waals surface area contributed by atoms with Crippen LogP contribution in [0.3, 0.4) is 0 Å². The van der Waals surface area contributed by atoms with Crippen molar-refractivity contribution < 1.29 is 19.2 Å². The van der Waals surface area contributed by atoms with Crippen LogP contribution >= 0.6 is 12.2 Å². The van der Waals surface area contributed by atoms with Gasteiger partial charge in [0.1, 0.15) is 5.75 Å². The Morgan fingerprint density at radius 3 is 2.24 bits per heavy atom. The summed E-state index contributed by atoms with van der Waals surface area (Å²) in [6.45, 7) is 0.391. The quantitative estimate of drug-likeness (QED) is 0.279.